The Kier molecular flexibility index (Phi) is 6.43. The first-order valence-electron chi connectivity index (χ1n) is 7.06. The maximum atomic E-state index is 11.9. The number of rotatable bonds is 6. The fraction of sp³-hybridized carbons (Fsp3) is 0.235. The second-order valence-electron chi connectivity index (χ2n) is 5.06. The summed E-state index contributed by atoms with van der Waals surface area (Å²) in [5.41, 5.74) is 3.04. The fourth-order valence-electron chi connectivity index (χ4n) is 2.02. The molecule has 2 aromatic rings. The van der Waals surface area contributed by atoms with E-state index in [0.717, 1.165) is 32.9 Å². The van der Waals surface area contributed by atoms with Gasteiger partial charge in [0.25, 0.3) is 0 Å². The average Bonchev–Trinajstić information content (AvgIpc) is 2.48. The van der Waals surface area contributed by atoms with Crippen molar-refractivity contribution in [3.63, 3.8) is 0 Å². The smallest absolute Gasteiger partial charge is 0.225 e. The van der Waals surface area contributed by atoms with Gasteiger partial charge in [-0.1, -0.05) is 39.7 Å². The molecule has 0 atom stereocenters. The Hall–Kier alpha value is -1.36. The second-order valence-corrected chi connectivity index (χ2v) is 6.41. The van der Waals surface area contributed by atoms with Crippen LogP contribution < -0.4 is 10.6 Å². The van der Waals surface area contributed by atoms with Crippen LogP contribution in [0.5, 0.6) is 0 Å². The first kappa shape index (κ1) is 17.0. The van der Waals surface area contributed by atoms with Crippen molar-refractivity contribution < 1.29 is 4.79 Å². The number of carbonyl (C=O) groups excluding carboxylic acids is 1. The summed E-state index contributed by atoms with van der Waals surface area (Å²) in [5, 5.41) is 6.91. The molecule has 0 unspecified atom stereocenters. The molecule has 2 aromatic carbocycles. The maximum Gasteiger partial charge on any atom is 0.225 e. The molecule has 3 nitrogen and oxygen atoms in total. The van der Waals surface area contributed by atoms with Crippen LogP contribution in [-0.2, 0) is 11.3 Å². The molecule has 2 rings (SSSR count). The molecule has 116 valence electrons. The van der Waals surface area contributed by atoms with Gasteiger partial charge in [0.1, 0.15) is 0 Å². The minimum Gasteiger partial charge on any atom is -0.326 e. The van der Waals surface area contributed by atoms with Gasteiger partial charge in [-0.05, 0) is 48.4 Å². The molecule has 0 saturated heterocycles. The van der Waals surface area contributed by atoms with Crippen molar-refractivity contribution >= 4 is 39.1 Å². The van der Waals surface area contributed by atoms with Crippen molar-refractivity contribution in [2.24, 2.45) is 0 Å². The van der Waals surface area contributed by atoms with Gasteiger partial charge in [-0.25, -0.2) is 0 Å². The molecule has 0 aliphatic rings. The van der Waals surface area contributed by atoms with Gasteiger partial charge >= 0.3 is 0 Å². The molecule has 0 heterocycles. The highest BCUT2D eigenvalue weighted by atomic mass is 79.9. The molecule has 0 aromatic heterocycles. The van der Waals surface area contributed by atoms with Crippen LogP contribution in [0.4, 0.5) is 5.69 Å². The lowest BCUT2D eigenvalue weighted by molar-refractivity contribution is -0.116. The number of benzene rings is 2. The Morgan fingerprint density at radius 3 is 2.59 bits per heavy atom. The van der Waals surface area contributed by atoms with Gasteiger partial charge in [0, 0.05) is 34.7 Å². The zero-order valence-corrected chi connectivity index (χ0v) is 14.7. The lowest BCUT2D eigenvalue weighted by Gasteiger charge is -2.09. The van der Waals surface area contributed by atoms with Crippen LogP contribution in [0.25, 0.3) is 0 Å². The van der Waals surface area contributed by atoms with Crippen molar-refractivity contribution in [2.75, 3.05) is 11.9 Å². The summed E-state index contributed by atoms with van der Waals surface area (Å²) in [6.45, 7) is 3.32. The number of hydrogen-bond acceptors (Lipinski definition) is 2. The zero-order chi connectivity index (χ0) is 15.9. The predicted molar refractivity (Wildman–Crippen MR) is 95.3 cm³/mol. The lowest BCUT2D eigenvalue weighted by atomic mass is 10.2. The lowest BCUT2D eigenvalue weighted by Crippen LogP contribution is -2.21. The molecular formula is C17H18BrClN2O. The summed E-state index contributed by atoms with van der Waals surface area (Å²) in [6.07, 6.45) is 0.434. The topological polar surface area (TPSA) is 41.1 Å². The molecule has 0 spiro atoms. The number of halogens is 2. The highest BCUT2D eigenvalue weighted by Gasteiger charge is 2.05. The van der Waals surface area contributed by atoms with Crippen molar-refractivity contribution in [1.29, 1.82) is 0 Å². The van der Waals surface area contributed by atoms with E-state index in [0.29, 0.717) is 13.0 Å². The number of carbonyl (C=O) groups is 1. The summed E-state index contributed by atoms with van der Waals surface area (Å²) >= 11 is 9.25. The van der Waals surface area contributed by atoms with E-state index in [1.807, 2.05) is 49.4 Å². The van der Waals surface area contributed by atoms with Crippen LogP contribution in [0.1, 0.15) is 17.5 Å². The van der Waals surface area contributed by atoms with Gasteiger partial charge in [-0.2, -0.15) is 0 Å². The van der Waals surface area contributed by atoms with Gasteiger partial charge in [0.2, 0.25) is 5.91 Å². The third-order valence-electron chi connectivity index (χ3n) is 3.23. The first-order chi connectivity index (χ1) is 10.5. The van der Waals surface area contributed by atoms with Crippen LogP contribution >= 0.6 is 27.5 Å². The van der Waals surface area contributed by atoms with Crippen molar-refractivity contribution in [3.05, 3.63) is 63.1 Å². The molecule has 0 aliphatic heterocycles. The van der Waals surface area contributed by atoms with E-state index in [9.17, 15) is 4.79 Å². The van der Waals surface area contributed by atoms with Crippen LogP contribution in [0.15, 0.2) is 46.9 Å². The van der Waals surface area contributed by atoms with Gasteiger partial charge in [0.05, 0.1) is 0 Å². The SMILES string of the molecule is Cc1cc(Br)ccc1NC(=O)CCNCc1ccc(Cl)cc1. The van der Waals surface area contributed by atoms with Crippen LogP contribution in [0.2, 0.25) is 5.02 Å². The molecule has 0 fully saturated rings. The number of hydrogen-bond donors (Lipinski definition) is 2. The Morgan fingerprint density at radius 1 is 1.18 bits per heavy atom. The van der Waals surface area contributed by atoms with Crippen molar-refractivity contribution in [2.45, 2.75) is 19.9 Å². The second kappa shape index (κ2) is 8.32. The molecule has 0 aliphatic carbocycles. The zero-order valence-electron chi connectivity index (χ0n) is 12.3. The van der Waals surface area contributed by atoms with E-state index in [1.165, 1.54) is 0 Å². The summed E-state index contributed by atoms with van der Waals surface area (Å²) in [4.78, 5) is 11.9. The van der Waals surface area contributed by atoms with Crippen LogP contribution in [-0.4, -0.2) is 12.5 Å². The summed E-state index contributed by atoms with van der Waals surface area (Å²) < 4.78 is 1.01. The van der Waals surface area contributed by atoms with E-state index in [-0.39, 0.29) is 5.91 Å². The summed E-state index contributed by atoms with van der Waals surface area (Å²) in [5.74, 6) is 0.00836. The van der Waals surface area contributed by atoms with Crippen molar-refractivity contribution in [3.8, 4) is 0 Å². The number of aryl methyl sites for hydroxylation is 1. The van der Waals surface area contributed by atoms with Crippen molar-refractivity contribution in [1.82, 2.24) is 5.32 Å². The fourth-order valence-corrected chi connectivity index (χ4v) is 2.62. The summed E-state index contributed by atoms with van der Waals surface area (Å²) in [7, 11) is 0. The van der Waals surface area contributed by atoms with E-state index in [1.54, 1.807) is 0 Å². The number of amides is 1. The molecule has 5 heteroatoms. The average molecular weight is 382 g/mol. The number of anilines is 1. The van der Waals surface area contributed by atoms with Gasteiger partial charge in [0.15, 0.2) is 0 Å². The largest absolute Gasteiger partial charge is 0.326 e. The predicted octanol–water partition coefficient (Wildman–Crippen LogP) is 4.53. The normalized spacial score (nSPS) is 10.5. The van der Waals surface area contributed by atoms with E-state index in [2.05, 4.69) is 26.6 Å². The van der Waals surface area contributed by atoms with E-state index >= 15 is 0 Å². The molecular weight excluding hydrogens is 364 g/mol. The standard InChI is InChI=1S/C17H18BrClN2O/c1-12-10-14(18)4-7-16(12)21-17(22)8-9-20-11-13-2-5-15(19)6-3-13/h2-7,10,20H,8-9,11H2,1H3,(H,21,22). The Balaban J connectivity index is 1.72. The quantitative estimate of drug-likeness (QED) is 0.722. The maximum absolute atomic E-state index is 11.9. The molecule has 2 N–H and O–H groups in total. The van der Waals surface area contributed by atoms with E-state index in [4.69, 9.17) is 11.6 Å². The highest BCUT2D eigenvalue weighted by molar-refractivity contribution is 9.10. The molecule has 0 saturated carbocycles. The van der Waals surface area contributed by atoms with Crippen LogP contribution in [0, 0.1) is 6.92 Å². The molecule has 22 heavy (non-hydrogen) atoms. The monoisotopic (exact) mass is 380 g/mol. The molecule has 1 amide bonds. The minimum atomic E-state index is 0.00836. The van der Waals surface area contributed by atoms with Gasteiger partial charge < -0.3 is 10.6 Å². The third-order valence-corrected chi connectivity index (χ3v) is 3.98. The number of nitrogens with one attached hydrogen (secondary N) is 2. The summed E-state index contributed by atoms with van der Waals surface area (Å²) in [6, 6.07) is 13.5. The minimum absolute atomic E-state index is 0.00836. The Morgan fingerprint density at radius 2 is 1.91 bits per heavy atom. The Bertz CT molecular complexity index is 644. The van der Waals surface area contributed by atoms with Gasteiger partial charge in [-0.3, -0.25) is 4.79 Å². The highest BCUT2D eigenvalue weighted by Crippen LogP contribution is 2.20. The van der Waals surface area contributed by atoms with Crippen LogP contribution in [0.3, 0.4) is 0 Å². The Labute approximate surface area is 144 Å². The molecule has 0 bridgehead atoms. The van der Waals surface area contributed by atoms with E-state index < -0.39 is 0 Å². The third kappa shape index (κ3) is 5.44. The van der Waals surface area contributed by atoms with Gasteiger partial charge in [-0.15, -0.1) is 0 Å². The molecule has 0 radical (unpaired) electrons. The first-order valence-corrected chi connectivity index (χ1v) is 8.23.